The Morgan fingerprint density at radius 1 is 1.18 bits per heavy atom. The number of nitrogens with zero attached hydrogens (tertiary/aromatic N) is 1. The van der Waals surface area contributed by atoms with Crippen LogP contribution in [-0.4, -0.2) is 32.3 Å². The molecule has 0 radical (unpaired) electrons. The summed E-state index contributed by atoms with van der Waals surface area (Å²) in [7, 11) is 0. The molecule has 0 bridgehead atoms. The van der Waals surface area contributed by atoms with E-state index in [0.717, 1.165) is 37.7 Å². The van der Waals surface area contributed by atoms with Gasteiger partial charge in [-0.3, -0.25) is 0 Å². The molecule has 0 unspecified atom stereocenters. The molecule has 148 valence electrons. The van der Waals surface area contributed by atoms with Gasteiger partial charge >= 0.3 is 6.18 Å². The normalized spacial score (nSPS) is 23.8. The van der Waals surface area contributed by atoms with Gasteiger partial charge in [-0.05, 0) is 42.8 Å². The van der Waals surface area contributed by atoms with Crippen LogP contribution in [0.25, 0.3) is 0 Å². The maximum atomic E-state index is 13.4. The molecule has 1 saturated heterocycles. The van der Waals surface area contributed by atoms with E-state index in [4.69, 9.17) is 4.74 Å². The van der Waals surface area contributed by atoms with Crippen molar-refractivity contribution in [2.24, 2.45) is 0 Å². The van der Waals surface area contributed by atoms with Crippen LogP contribution in [0.1, 0.15) is 29.0 Å². The van der Waals surface area contributed by atoms with E-state index in [9.17, 15) is 13.2 Å². The van der Waals surface area contributed by atoms with Crippen molar-refractivity contribution in [2.45, 2.75) is 31.2 Å². The Balaban J connectivity index is 1.57. The number of piperidine rings is 1. The number of fused-ring (bicyclic) bond motifs is 3. The summed E-state index contributed by atoms with van der Waals surface area (Å²) in [4.78, 5) is 2.45. The summed E-state index contributed by atoms with van der Waals surface area (Å²) in [6.45, 7) is 3.92. The molecule has 28 heavy (non-hydrogen) atoms. The molecule has 2 N–H and O–H groups in total. The van der Waals surface area contributed by atoms with Crippen molar-refractivity contribution >= 4 is 17.1 Å². The molecule has 2 aromatic carbocycles. The summed E-state index contributed by atoms with van der Waals surface area (Å²) in [5.74, 6) is 0.361. The van der Waals surface area contributed by atoms with Gasteiger partial charge in [0.05, 0.1) is 24.5 Å². The standard InChI is InChI=1S/C21H22F3N3O/c22-21(23,24)17-3-1-2-4-18(17)26-14-9-13-12-28-8-7-27-19-5-6-25-11-16(19)15(10-14)20(13)27/h1-4,9-10,16,19,25-26H,5-8,11-12H2/t16-,19-/m0/s1. The summed E-state index contributed by atoms with van der Waals surface area (Å²) in [5.41, 5.74) is 3.60. The summed E-state index contributed by atoms with van der Waals surface area (Å²) in [5, 5.41) is 6.49. The first-order valence-corrected chi connectivity index (χ1v) is 9.67. The third kappa shape index (κ3) is 2.93. The van der Waals surface area contributed by atoms with Crippen molar-refractivity contribution in [2.75, 3.05) is 36.5 Å². The van der Waals surface area contributed by atoms with Crippen LogP contribution in [0.5, 0.6) is 0 Å². The van der Waals surface area contributed by atoms with Crippen molar-refractivity contribution in [3.05, 3.63) is 53.1 Å². The highest BCUT2D eigenvalue weighted by Gasteiger charge is 2.42. The fourth-order valence-electron chi connectivity index (χ4n) is 4.85. The Morgan fingerprint density at radius 2 is 2.04 bits per heavy atom. The van der Waals surface area contributed by atoms with Gasteiger partial charge in [-0.1, -0.05) is 12.1 Å². The second-order valence-electron chi connectivity index (χ2n) is 7.65. The Bertz CT molecular complexity index is 899. The average molecular weight is 389 g/mol. The Labute approximate surface area is 161 Å². The van der Waals surface area contributed by atoms with Crippen molar-refractivity contribution < 1.29 is 17.9 Å². The van der Waals surface area contributed by atoms with E-state index >= 15 is 0 Å². The predicted octanol–water partition coefficient (Wildman–Crippen LogP) is 4.24. The van der Waals surface area contributed by atoms with E-state index in [1.807, 2.05) is 12.1 Å². The fraction of sp³-hybridized carbons (Fsp3) is 0.429. The number of hydrogen-bond donors (Lipinski definition) is 2. The number of benzene rings is 2. The lowest BCUT2D eigenvalue weighted by atomic mass is 9.89. The Kier molecular flexibility index (Phi) is 4.25. The van der Waals surface area contributed by atoms with Gasteiger partial charge in [0.2, 0.25) is 0 Å². The molecule has 0 spiro atoms. The van der Waals surface area contributed by atoms with Gasteiger partial charge in [-0.15, -0.1) is 0 Å². The number of anilines is 3. The second-order valence-corrected chi connectivity index (χ2v) is 7.65. The second kappa shape index (κ2) is 6.67. The third-order valence-corrected chi connectivity index (χ3v) is 6.00. The molecule has 5 rings (SSSR count). The van der Waals surface area contributed by atoms with E-state index in [0.29, 0.717) is 30.9 Å². The topological polar surface area (TPSA) is 36.5 Å². The molecule has 0 saturated carbocycles. The highest BCUT2D eigenvalue weighted by Crippen LogP contribution is 2.48. The molecule has 3 heterocycles. The summed E-state index contributed by atoms with van der Waals surface area (Å²) < 4.78 is 45.9. The molecule has 3 aliphatic heterocycles. The SMILES string of the molecule is FC(F)(F)c1ccccc1Nc1cc2c3c(c1)[C@@H]1CNCC[C@@H]1N3CCOC2. The summed E-state index contributed by atoms with van der Waals surface area (Å²) >= 11 is 0. The van der Waals surface area contributed by atoms with Crippen molar-refractivity contribution in [3.8, 4) is 0 Å². The molecule has 0 aromatic heterocycles. The maximum Gasteiger partial charge on any atom is 0.418 e. The molecule has 0 aliphatic carbocycles. The summed E-state index contributed by atoms with van der Waals surface area (Å²) in [6.07, 6.45) is -3.33. The van der Waals surface area contributed by atoms with Crippen LogP contribution >= 0.6 is 0 Å². The van der Waals surface area contributed by atoms with Crippen molar-refractivity contribution in [3.63, 3.8) is 0 Å². The zero-order chi connectivity index (χ0) is 19.3. The first kappa shape index (κ1) is 17.8. The lowest BCUT2D eigenvalue weighted by molar-refractivity contribution is -0.136. The third-order valence-electron chi connectivity index (χ3n) is 6.00. The first-order chi connectivity index (χ1) is 13.5. The highest BCUT2D eigenvalue weighted by molar-refractivity contribution is 5.75. The molecule has 2 atom stereocenters. The van der Waals surface area contributed by atoms with Crippen LogP contribution in [0.15, 0.2) is 36.4 Å². The van der Waals surface area contributed by atoms with Crippen LogP contribution in [0.4, 0.5) is 30.2 Å². The minimum absolute atomic E-state index is 0.0739. The van der Waals surface area contributed by atoms with Crippen LogP contribution in [-0.2, 0) is 17.5 Å². The number of rotatable bonds is 2. The minimum Gasteiger partial charge on any atom is -0.375 e. The number of alkyl halides is 3. The van der Waals surface area contributed by atoms with Crippen LogP contribution in [0.2, 0.25) is 0 Å². The Morgan fingerprint density at radius 3 is 2.89 bits per heavy atom. The molecule has 4 nitrogen and oxygen atoms in total. The minimum atomic E-state index is -4.40. The largest absolute Gasteiger partial charge is 0.418 e. The smallest absolute Gasteiger partial charge is 0.375 e. The molecule has 1 fully saturated rings. The van der Waals surface area contributed by atoms with Gasteiger partial charge < -0.3 is 20.3 Å². The van der Waals surface area contributed by atoms with Crippen molar-refractivity contribution in [1.29, 1.82) is 0 Å². The highest BCUT2D eigenvalue weighted by atomic mass is 19.4. The Hall–Kier alpha value is -2.25. The molecule has 3 aliphatic rings. The monoisotopic (exact) mass is 389 g/mol. The van der Waals surface area contributed by atoms with Crippen LogP contribution < -0.4 is 15.5 Å². The van der Waals surface area contributed by atoms with E-state index in [1.165, 1.54) is 23.4 Å². The molecule has 7 heteroatoms. The van der Waals surface area contributed by atoms with Gasteiger partial charge in [-0.25, -0.2) is 0 Å². The van der Waals surface area contributed by atoms with E-state index in [2.05, 4.69) is 15.5 Å². The number of ether oxygens (including phenoxy) is 1. The van der Waals surface area contributed by atoms with Gasteiger partial charge in [0, 0.05) is 42.0 Å². The van der Waals surface area contributed by atoms with Crippen molar-refractivity contribution in [1.82, 2.24) is 5.32 Å². The van der Waals surface area contributed by atoms with Gasteiger partial charge in [0.25, 0.3) is 0 Å². The average Bonchev–Trinajstić information content (AvgIpc) is 2.83. The number of hydrogen-bond acceptors (Lipinski definition) is 4. The van der Waals surface area contributed by atoms with Gasteiger partial charge in [-0.2, -0.15) is 13.2 Å². The van der Waals surface area contributed by atoms with Crippen LogP contribution in [0.3, 0.4) is 0 Å². The quantitative estimate of drug-likeness (QED) is 0.805. The fourth-order valence-corrected chi connectivity index (χ4v) is 4.85. The number of halogens is 3. The van der Waals surface area contributed by atoms with E-state index in [-0.39, 0.29) is 5.69 Å². The first-order valence-electron chi connectivity index (χ1n) is 9.67. The van der Waals surface area contributed by atoms with E-state index < -0.39 is 11.7 Å². The number of para-hydroxylation sites is 1. The molecule has 2 aromatic rings. The zero-order valence-electron chi connectivity index (χ0n) is 15.4. The summed E-state index contributed by atoms with van der Waals surface area (Å²) in [6, 6.07) is 10.0. The molecular formula is C21H22F3N3O. The van der Waals surface area contributed by atoms with Crippen LogP contribution in [0, 0.1) is 0 Å². The number of nitrogens with one attached hydrogen (secondary N) is 2. The maximum absolute atomic E-state index is 13.4. The van der Waals surface area contributed by atoms with Gasteiger partial charge in [0.15, 0.2) is 0 Å². The zero-order valence-corrected chi connectivity index (χ0v) is 15.4. The molecule has 0 amide bonds. The predicted molar refractivity (Wildman–Crippen MR) is 102 cm³/mol. The lowest BCUT2D eigenvalue weighted by Gasteiger charge is -2.33. The van der Waals surface area contributed by atoms with Gasteiger partial charge in [0.1, 0.15) is 0 Å². The molecular weight excluding hydrogens is 367 g/mol. The lowest BCUT2D eigenvalue weighted by Crippen LogP contribution is -2.44. The van der Waals surface area contributed by atoms with E-state index in [1.54, 1.807) is 6.07 Å².